The lowest BCUT2D eigenvalue weighted by atomic mass is 10.2. The van der Waals surface area contributed by atoms with E-state index in [0.29, 0.717) is 23.3 Å². The van der Waals surface area contributed by atoms with E-state index in [1.165, 1.54) is 16.4 Å². The van der Waals surface area contributed by atoms with Crippen molar-refractivity contribution in [1.29, 1.82) is 0 Å². The molecule has 8 nitrogen and oxygen atoms in total. The lowest BCUT2D eigenvalue weighted by Crippen LogP contribution is -2.25. The number of aromatic nitrogens is 3. The zero-order valence-corrected chi connectivity index (χ0v) is 16.4. The van der Waals surface area contributed by atoms with Crippen molar-refractivity contribution in [2.24, 2.45) is 0 Å². The van der Waals surface area contributed by atoms with Crippen molar-refractivity contribution in [1.82, 2.24) is 20.2 Å². The largest absolute Gasteiger partial charge is 0.497 e. The number of nitrogens with one attached hydrogen (secondary N) is 1. The minimum Gasteiger partial charge on any atom is -0.497 e. The fourth-order valence-corrected chi connectivity index (χ4v) is 3.20. The second-order valence-electron chi connectivity index (χ2n) is 5.79. The van der Waals surface area contributed by atoms with Gasteiger partial charge in [-0.3, -0.25) is 4.79 Å². The number of rotatable bonds is 8. The number of hydrogen-bond donors (Lipinski definition) is 2. The maximum Gasteiger partial charge on any atom is 0.230 e. The monoisotopic (exact) mass is 399 g/mol. The average molecular weight is 399 g/mol. The highest BCUT2D eigenvalue weighted by atomic mass is 32.2. The summed E-state index contributed by atoms with van der Waals surface area (Å²) in [5.74, 6) is 8.06. The van der Waals surface area contributed by atoms with Crippen molar-refractivity contribution in [2.45, 2.75) is 11.7 Å². The normalized spacial score (nSPS) is 10.5. The van der Waals surface area contributed by atoms with E-state index < -0.39 is 0 Å². The molecule has 9 heteroatoms. The van der Waals surface area contributed by atoms with Gasteiger partial charge in [0.05, 0.1) is 25.5 Å². The van der Waals surface area contributed by atoms with Gasteiger partial charge >= 0.3 is 0 Å². The molecule has 28 heavy (non-hydrogen) atoms. The van der Waals surface area contributed by atoms with Gasteiger partial charge in [0.15, 0.2) is 5.82 Å². The number of nitrogen functional groups attached to an aromatic ring is 1. The average Bonchev–Trinajstić information content (AvgIpc) is 3.11. The summed E-state index contributed by atoms with van der Waals surface area (Å²) in [5.41, 5.74) is 1.72. The molecule has 2 aromatic carbocycles. The molecule has 1 aromatic heterocycles. The van der Waals surface area contributed by atoms with E-state index in [1.54, 1.807) is 14.2 Å². The van der Waals surface area contributed by atoms with Crippen molar-refractivity contribution >= 4 is 17.7 Å². The number of amides is 1. The molecule has 0 aliphatic heterocycles. The minimum atomic E-state index is -0.123. The summed E-state index contributed by atoms with van der Waals surface area (Å²) in [6.45, 7) is 0.436. The Morgan fingerprint density at radius 2 is 1.86 bits per heavy atom. The smallest absolute Gasteiger partial charge is 0.230 e. The summed E-state index contributed by atoms with van der Waals surface area (Å²) in [4.78, 5) is 12.1. The Kier molecular flexibility index (Phi) is 6.38. The Bertz CT molecular complexity index is 943. The topological polar surface area (TPSA) is 104 Å². The fourth-order valence-electron chi connectivity index (χ4n) is 2.51. The Hall–Kier alpha value is -3.20. The maximum absolute atomic E-state index is 12.1. The summed E-state index contributed by atoms with van der Waals surface area (Å²) in [6, 6.07) is 14.9. The van der Waals surface area contributed by atoms with E-state index in [1.807, 2.05) is 48.5 Å². The first-order valence-corrected chi connectivity index (χ1v) is 9.47. The summed E-state index contributed by atoms with van der Waals surface area (Å²) in [7, 11) is 3.20. The van der Waals surface area contributed by atoms with E-state index in [0.717, 1.165) is 16.9 Å². The standard InChI is InChI=1S/C19H21N5O3S/c1-26-14-9-7-13(8-10-14)11-21-17(25)12-28-19-23-22-18(24(19)20)15-5-3-4-6-16(15)27-2/h3-10H,11-12,20H2,1-2H3,(H,21,25). The number of carbonyl (C=O) groups is 1. The molecule has 3 rings (SSSR count). The van der Waals surface area contributed by atoms with E-state index in [2.05, 4.69) is 15.5 Å². The molecule has 0 saturated carbocycles. The highest BCUT2D eigenvalue weighted by Gasteiger charge is 2.16. The number of methoxy groups -OCH3 is 2. The quantitative estimate of drug-likeness (QED) is 0.441. The van der Waals surface area contributed by atoms with Crippen molar-refractivity contribution in [2.75, 3.05) is 25.8 Å². The Morgan fingerprint density at radius 3 is 2.57 bits per heavy atom. The van der Waals surface area contributed by atoms with Crippen molar-refractivity contribution in [3.05, 3.63) is 54.1 Å². The van der Waals surface area contributed by atoms with E-state index in [4.69, 9.17) is 15.3 Å². The van der Waals surface area contributed by atoms with Crippen molar-refractivity contribution < 1.29 is 14.3 Å². The zero-order valence-electron chi connectivity index (χ0n) is 15.6. The second kappa shape index (κ2) is 9.14. The summed E-state index contributed by atoms with van der Waals surface area (Å²) < 4.78 is 11.8. The Balaban J connectivity index is 1.57. The summed E-state index contributed by atoms with van der Waals surface area (Å²) >= 11 is 1.22. The predicted octanol–water partition coefficient (Wildman–Crippen LogP) is 2.08. The van der Waals surface area contributed by atoms with Gasteiger partial charge in [0.1, 0.15) is 11.5 Å². The van der Waals surface area contributed by atoms with E-state index >= 15 is 0 Å². The SMILES string of the molecule is COc1ccc(CNC(=O)CSc2nnc(-c3ccccc3OC)n2N)cc1. The molecule has 0 aliphatic rings. The van der Waals surface area contributed by atoms with Gasteiger partial charge in [0, 0.05) is 6.54 Å². The number of benzene rings is 2. The molecule has 3 aromatic rings. The lowest BCUT2D eigenvalue weighted by molar-refractivity contribution is -0.118. The van der Waals surface area contributed by atoms with Gasteiger partial charge in [0.2, 0.25) is 11.1 Å². The molecule has 0 fully saturated rings. The van der Waals surface area contributed by atoms with Crippen LogP contribution in [0, 0.1) is 0 Å². The van der Waals surface area contributed by atoms with E-state index in [-0.39, 0.29) is 11.7 Å². The first-order chi connectivity index (χ1) is 13.6. The third-order valence-corrected chi connectivity index (χ3v) is 4.94. The van der Waals surface area contributed by atoms with Gasteiger partial charge in [-0.25, -0.2) is 4.68 Å². The molecular formula is C19H21N5O3S. The van der Waals surface area contributed by atoms with Crippen molar-refractivity contribution in [3.63, 3.8) is 0 Å². The van der Waals surface area contributed by atoms with Crippen LogP contribution in [-0.2, 0) is 11.3 Å². The highest BCUT2D eigenvalue weighted by molar-refractivity contribution is 7.99. The van der Waals surface area contributed by atoms with Crippen LogP contribution < -0.4 is 20.6 Å². The number of carbonyl (C=O) groups excluding carboxylic acids is 1. The fraction of sp³-hybridized carbons (Fsp3) is 0.211. The van der Waals surface area contributed by atoms with Crippen molar-refractivity contribution in [3.8, 4) is 22.9 Å². The Labute approximate surface area is 167 Å². The lowest BCUT2D eigenvalue weighted by Gasteiger charge is -2.08. The molecule has 0 radical (unpaired) electrons. The van der Waals surface area contributed by atoms with Crippen LogP contribution in [-0.4, -0.2) is 40.8 Å². The van der Waals surface area contributed by atoms with Crippen LogP contribution in [0.4, 0.5) is 0 Å². The predicted molar refractivity (Wildman–Crippen MR) is 108 cm³/mol. The van der Waals surface area contributed by atoms with Gasteiger partial charge in [-0.2, -0.15) is 0 Å². The molecule has 146 valence electrons. The molecule has 0 aliphatic carbocycles. The molecule has 0 unspecified atom stereocenters. The van der Waals surface area contributed by atoms with Crippen LogP contribution in [0.25, 0.3) is 11.4 Å². The molecule has 1 amide bonds. The highest BCUT2D eigenvalue weighted by Crippen LogP contribution is 2.29. The number of nitrogens with two attached hydrogens (primary N) is 1. The summed E-state index contributed by atoms with van der Waals surface area (Å²) in [5, 5.41) is 11.5. The minimum absolute atomic E-state index is 0.123. The molecule has 0 atom stereocenters. The van der Waals surface area contributed by atoms with Gasteiger partial charge < -0.3 is 20.6 Å². The van der Waals surface area contributed by atoms with Gasteiger partial charge in [-0.1, -0.05) is 36.0 Å². The molecule has 3 N–H and O–H groups in total. The third kappa shape index (κ3) is 4.55. The number of thioether (sulfide) groups is 1. The van der Waals surface area contributed by atoms with Crippen LogP contribution in [0.15, 0.2) is 53.7 Å². The summed E-state index contributed by atoms with van der Waals surface area (Å²) in [6.07, 6.45) is 0. The maximum atomic E-state index is 12.1. The molecular weight excluding hydrogens is 378 g/mol. The van der Waals surface area contributed by atoms with Crippen LogP contribution in [0.3, 0.4) is 0 Å². The Morgan fingerprint density at radius 1 is 1.11 bits per heavy atom. The van der Waals surface area contributed by atoms with Crippen LogP contribution in [0.1, 0.15) is 5.56 Å². The van der Waals surface area contributed by atoms with Crippen LogP contribution in [0.5, 0.6) is 11.5 Å². The number of nitrogens with zero attached hydrogens (tertiary/aromatic N) is 3. The second-order valence-corrected chi connectivity index (χ2v) is 6.73. The molecule has 0 spiro atoms. The molecule has 1 heterocycles. The number of para-hydroxylation sites is 1. The third-order valence-electron chi connectivity index (χ3n) is 3.99. The van der Waals surface area contributed by atoms with Crippen LogP contribution in [0.2, 0.25) is 0 Å². The first-order valence-electron chi connectivity index (χ1n) is 8.48. The number of ether oxygens (including phenoxy) is 2. The number of hydrogen-bond acceptors (Lipinski definition) is 7. The zero-order chi connectivity index (χ0) is 19.9. The van der Waals surface area contributed by atoms with Gasteiger partial charge in [0.25, 0.3) is 0 Å². The first kappa shape index (κ1) is 19.6. The van der Waals surface area contributed by atoms with Crippen LogP contribution >= 0.6 is 11.8 Å². The van der Waals surface area contributed by atoms with Gasteiger partial charge in [-0.05, 0) is 29.8 Å². The molecule has 0 saturated heterocycles. The van der Waals surface area contributed by atoms with Gasteiger partial charge in [-0.15, -0.1) is 10.2 Å². The molecule has 0 bridgehead atoms. The van der Waals surface area contributed by atoms with E-state index in [9.17, 15) is 4.79 Å².